The summed E-state index contributed by atoms with van der Waals surface area (Å²) in [5.41, 5.74) is 5.09. The zero-order valence-corrected chi connectivity index (χ0v) is 16.7. The van der Waals surface area contributed by atoms with E-state index in [1.807, 2.05) is 62.4 Å². The fraction of sp³-hybridized carbons (Fsp3) is 0.0833. The third-order valence-electron chi connectivity index (χ3n) is 4.73. The number of benzene rings is 3. The average Bonchev–Trinajstić information content (AvgIpc) is 3.13. The summed E-state index contributed by atoms with van der Waals surface area (Å²) in [6.07, 6.45) is 0. The van der Waals surface area contributed by atoms with E-state index in [0.717, 1.165) is 16.9 Å². The van der Waals surface area contributed by atoms with Crippen molar-refractivity contribution in [1.29, 1.82) is 0 Å². The van der Waals surface area contributed by atoms with Gasteiger partial charge < -0.3 is 25.5 Å². The van der Waals surface area contributed by atoms with Gasteiger partial charge in [-0.1, -0.05) is 59.7 Å². The molecule has 3 aromatic carbocycles. The Morgan fingerprint density at radius 3 is 1.87 bits per heavy atom. The van der Waals surface area contributed by atoms with E-state index in [-0.39, 0.29) is 5.56 Å². The SMILES string of the molecule is Cc1ccc(Nc2nc(-c3ccc(C(=O)[O-])cc3)[nH]c2Nc2ccc(C)cc2)cc1. The van der Waals surface area contributed by atoms with Crippen molar-refractivity contribution in [3.05, 3.63) is 89.5 Å². The van der Waals surface area contributed by atoms with Gasteiger partial charge in [-0.15, -0.1) is 0 Å². The molecule has 4 aromatic rings. The number of nitrogens with zero attached hydrogens (tertiary/aromatic N) is 1. The first-order valence-corrected chi connectivity index (χ1v) is 9.57. The zero-order chi connectivity index (χ0) is 21.1. The van der Waals surface area contributed by atoms with Gasteiger partial charge in [0.15, 0.2) is 11.6 Å². The Balaban J connectivity index is 1.69. The number of carbonyl (C=O) groups excluding carboxylic acids is 1. The van der Waals surface area contributed by atoms with E-state index in [9.17, 15) is 9.90 Å². The van der Waals surface area contributed by atoms with Crippen molar-refractivity contribution in [2.45, 2.75) is 13.8 Å². The van der Waals surface area contributed by atoms with Crippen molar-refractivity contribution in [2.75, 3.05) is 10.6 Å². The van der Waals surface area contributed by atoms with Gasteiger partial charge in [-0.3, -0.25) is 0 Å². The highest BCUT2D eigenvalue weighted by Crippen LogP contribution is 2.30. The molecule has 150 valence electrons. The molecule has 0 atom stereocenters. The minimum Gasteiger partial charge on any atom is -0.545 e. The molecule has 0 saturated heterocycles. The number of carboxylic acid groups (broad SMARTS) is 1. The van der Waals surface area contributed by atoms with Gasteiger partial charge in [-0.05, 0) is 43.7 Å². The molecule has 3 N–H and O–H groups in total. The first-order valence-electron chi connectivity index (χ1n) is 9.57. The van der Waals surface area contributed by atoms with E-state index in [2.05, 4.69) is 15.6 Å². The second-order valence-electron chi connectivity index (χ2n) is 7.16. The Labute approximate surface area is 174 Å². The van der Waals surface area contributed by atoms with Crippen LogP contribution in [-0.2, 0) is 0 Å². The average molecular weight is 397 g/mol. The molecule has 0 aliphatic heterocycles. The molecule has 30 heavy (non-hydrogen) atoms. The lowest BCUT2D eigenvalue weighted by Gasteiger charge is -2.09. The van der Waals surface area contributed by atoms with Crippen molar-refractivity contribution < 1.29 is 9.90 Å². The van der Waals surface area contributed by atoms with Crippen LogP contribution in [0.4, 0.5) is 23.0 Å². The van der Waals surface area contributed by atoms with Gasteiger partial charge in [0.05, 0.1) is 5.97 Å². The molecule has 0 radical (unpaired) electrons. The highest BCUT2D eigenvalue weighted by atomic mass is 16.4. The highest BCUT2D eigenvalue weighted by molar-refractivity contribution is 5.86. The minimum absolute atomic E-state index is 0.126. The summed E-state index contributed by atoms with van der Waals surface area (Å²) in [5.74, 6) is 0.755. The van der Waals surface area contributed by atoms with Gasteiger partial charge in [0, 0.05) is 16.9 Å². The van der Waals surface area contributed by atoms with Crippen LogP contribution in [0.5, 0.6) is 0 Å². The van der Waals surface area contributed by atoms with Crippen LogP contribution < -0.4 is 15.7 Å². The number of aromatic nitrogens is 2. The lowest BCUT2D eigenvalue weighted by molar-refractivity contribution is -0.255. The third kappa shape index (κ3) is 4.33. The Morgan fingerprint density at radius 1 is 0.800 bits per heavy atom. The van der Waals surface area contributed by atoms with Gasteiger partial charge in [0.1, 0.15) is 5.82 Å². The Bertz CT molecular complexity index is 1100. The second kappa shape index (κ2) is 8.13. The summed E-state index contributed by atoms with van der Waals surface area (Å²) in [6.45, 7) is 4.08. The highest BCUT2D eigenvalue weighted by Gasteiger charge is 2.13. The van der Waals surface area contributed by atoms with Crippen LogP contribution >= 0.6 is 0 Å². The molecular formula is C24H21N4O2-. The molecule has 0 bridgehead atoms. The number of aryl methyl sites for hydroxylation is 2. The number of nitrogens with one attached hydrogen (secondary N) is 3. The molecule has 6 heteroatoms. The van der Waals surface area contributed by atoms with Gasteiger partial charge >= 0.3 is 0 Å². The van der Waals surface area contributed by atoms with Crippen LogP contribution in [-0.4, -0.2) is 15.9 Å². The van der Waals surface area contributed by atoms with E-state index in [4.69, 9.17) is 4.98 Å². The van der Waals surface area contributed by atoms with E-state index >= 15 is 0 Å². The number of rotatable bonds is 6. The molecule has 0 aliphatic rings. The summed E-state index contributed by atoms with van der Waals surface area (Å²) in [7, 11) is 0. The number of hydrogen-bond acceptors (Lipinski definition) is 5. The quantitative estimate of drug-likeness (QED) is 0.444. The van der Waals surface area contributed by atoms with Gasteiger partial charge in [0.2, 0.25) is 0 Å². The topological polar surface area (TPSA) is 92.9 Å². The minimum atomic E-state index is -1.20. The molecule has 6 nitrogen and oxygen atoms in total. The van der Waals surface area contributed by atoms with Crippen molar-refractivity contribution in [2.24, 2.45) is 0 Å². The Morgan fingerprint density at radius 2 is 1.33 bits per heavy atom. The second-order valence-corrected chi connectivity index (χ2v) is 7.16. The van der Waals surface area contributed by atoms with Crippen LogP contribution in [0.15, 0.2) is 72.8 Å². The van der Waals surface area contributed by atoms with Crippen LogP contribution in [0.3, 0.4) is 0 Å². The first kappa shape index (κ1) is 19.3. The molecule has 0 fully saturated rings. The maximum Gasteiger partial charge on any atom is 0.174 e. The van der Waals surface area contributed by atoms with E-state index in [1.54, 1.807) is 12.1 Å². The molecule has 4 rings (SSSR count). The van der Waals surface area contributed by atoms with Gasteiger partial charge in [-0.25, -0.2) is 4.98 Å². The smallest absolute Gasteiger partial charge is 0.174 e. The predicted molar refractivity (Wildman–Crippen MR) is 117 cm³/mol. The van der Waals surface area contributed by atoms with Gasteiger partial charge in [-0.2, -0.15) is 0 Å². The summed E-state index contributed by atoms with van der Waals surface area (Å²) in [6, 6.07) is 22.5. The summed E-state index contributed by atoms with van der Waals surface area (Å²) >= 11 is 0. The van der Waals surface area contributed by atoms with Crippen LogP contribution in [0.25, 0.3) is 11.4 Å². The van der Waals surface area contributed by atoms with E-state index in [0.29, 0.717) is 17.5 Å². The lowest BCUT2D eigenvalue weighted by Crippen LogP contribution is -2.21. The van der Waals surface area contributed by atoms with Gasteiger partial charge in [0.25, 0.3) is 0 Å². The molecule has 0 aliphatic carbocycles. The molecule has 0 saturated carbocycles. The summed E-state index contributed by atoms with van der Waals surface area (Å²) < 4.78 is 0. The van der Waals surface area contributed by atoms with E-state index in [1.165, 1.54) is 23.3 Å². The Kier molecular flexibility index (Phi) is 5.22. The fourth-order valence-electron chi connectivity index (χ4n) is 3.01. The predicted octanol–water partition coefficient (Wildman–Crippen LogP) is 4.54. The van der Waals surface area contributed by atoms with Crippen molar-refractivity contribution in [1.82, 2.24) is 9.97 Å². The molecule has 0 unspecified atom stereocenters. The maximum atomic E-state index is 11.0. The van der Waals surface area contributed by atoms with Crippen LogP contribution in [0.2, 0.25) is 0 Å². The Hall–Kier alpha value is -4.06. The normalized spacial score (nSPS) is 10.6. The zero-order valence-electron chi connectivity index (χ0n) is 16.7. The largest absolute Gasteiger partial charge is 0.545 e. The summed E-state index contributed by atoms with van der Waals surface area (Å²) in [5, 5.41) is 17.7. The standard InChI is InChI=1S/C24H22N4O2/c1-15-3-11-19(12-4-15)25-22-23(26-20-13-5-16(2)6-14-20)28-21(27-22)17-7-9-18(10-8-17)24(29)30/h3-14,25-26H,1-2H3,(H,27,28)(H,29,30)/p-1. The molecule has 0 amide bonds. The maximum absolute atomic E-state index is 11.0. The van der Waals surface area contributed by atoms with Crippen molar-refractivity contribution >= 4 is 29.0 Å². The number of imidazole rings is 1. The van der Waals surface area contributed by atoms with Crippen molar-refractivity contribution in [3.8, 4) is 11.4 Å². The molecule has 1 aromatic heterocycles. The number of carboxylic acids is 1. The number of carbonyl (C=O) groups is 1. The van der Waals surface area contributed by atoms with E-state index < -0.39 is 5.97 Å². The molecular weight excluding hydrogens is 376 g/mol. The number of aromatic amines is 1. The lowest BCUT2D eigenvalue weighted by atomic mass is 10.1. The van der Waals surface area contributed by atoms with Crippen LogP contribution in [0, 0.1) is 13.8 Å². The van der Waals surface area contributed by atoms with Crippen molar-refractivity contribution in [3.63, 3.8) is 0 Å². The molecule has 1 heterocycles. The third-order valence-corrected chi connectivity index (χ3v) is 4.73. The number of H-pyrrole nitrogens is 1. The summed E-state index contributed by atoms with van der Waals surface area (Å²) in [4.78, 5) is 19.0. The monoisotopic (exact) mass is 397 g/mol. The number of hydrogen-bond donors (Lipinski definition) is 3. The molecule has 0 spiro atoms. The number of aromatic carboxylic acids is 1. The number of anilines is 4. The van der Waals surface area contributed by atoms with Crippen LogP contribution in [0.1, 0.15) is 21.5 Å². The first-order chi connectivity index (χ1) is 14.5. The fourth-order valence-corrected chi connectivity index (χ4v) is 3.01.